The lowest BCUT2D eigenvalue weighted by molar-refractivity contribution is -0.155. The van der Waals surface area contributed by atoms with Crippen molar-refractivity contribution in [3.05, 3.63) is 10.6 Å². The van der Waals surface area contributed by atoms with Crippen molar-refractivity contribution in [2.75, 3.05) is 19.7 Å². The molecule has 0 amide bonds. The Morgan fingerprint density at radius 1 is 1.43 bits per heavy atom. The van der Waals surface area contributed by atoms with Crippen LogP contribution in [0.25, 0.3) is 0 Å². The molecule has 0 N–H and O–H groups in total. The van der Waals surface area contributed by atoms with Gasteiger partial charge in [0.25, 0.3) is 0 Å². The predicted molar refractivity (Wildman–Crippen MR) is 96.3 cm³/mol. The summed E-state index contributed by atoms with van der Waals surface area (Å²) in [5.74, 6) is 1.69. The summed E-state index contributed by atoms with van der Waals surface area (Å²) in [5, 5.41) is 0. The summed E-state index contributed by atoms with van der Waals surface area (Å²) in [6.07, 6.45) is 7.55. The van der Waals surface area contributed by atoms with Crippen molar-refractivity contribution < 1.29 is 9.53 Å². The lowest BCUT2D eigenvalue weighted by Gasteiger charge is -2.51. The molecule has 0 aromatic rings. The van der Waals surface area contributed by atoms with Crippen LogP contribution in [-0.4, -0.2) is 36.6 Å². The van der Waals surface area contributed by atoms with Crippen LogP contribution in [0.3, 0.4) is 0 Å². The molecule has 2 fully saturated rings. The minimum absolute atomic E-state index is 0.0170. The number of carbonyl (C=O) groups is 1. The summed E-state index contributed by atoms with van der Waals surface area (Å²) >= 11 is 3.80. The van der Waals surface area contributed by atoms with E-state index in [2.05, 4.69) is 40.8 Å². The average molecular weight is 384 g/mol. The first-order valence-electron chi connectivity index (χ1n) is 9.30. The minimum atomic E-state index is 0.0170. The Kier molecular flexibility index (Phi) is 5.52. The van der Waals surface area contributed by atoms with Crippen LogP contribution >= 0.6 is 15.9 Å². The summed E-state index contributed by atoms with van der Waals surface area (Å²) in [5.41, 5.74) is 0. The molecule has 3 nitrogen and oxygen atoms in total. The molecule has 5 atom stereocenters. The Labute approximate surface area is 149 Å². The lowest BCUT2D eigenvalue weighted by Crippen LogP contribution is -2.54. The molecule has 2 saturated heterocycles. The molecule has 0 bridgehead atoms. The van der Waals surface area contributed by atoms with Crippen LogP contribution in [0, 0.1) is 29.6 Å². The van der Waals surface area contributed by atoms with Crippen molar-refractivity contribution in [2.45, 2.75) is 52.5 Å². The maximum absolute atomic E-state index is 12.8. The van der Waals surface area contributed by atoms with Gasteiger partial charge in [-0.3, -0.25) is 9.69 Å². The number of carbonyl (C=O) groups excluding carboxylic acids is 1. The monoisotopic (exact) mass is 383 g/mol. The second-order valence-corrected chi connectivity index (χ2v) is 8.72. The molecule has 0 aromatic carbocycles. The molecular formula is C19H30BrNO2. The molecule has 0 aromatic heterocycles. The second-order valence-electron chi connectivity index (χ2n) is 7.81. The van der Waals surface area contributed by atoms with Gasteiger partial charge in [0, 0.05) is 18.5 Å². The van der Waals surface area contributed by atoms with Crippen LogP contribution in [0.15, 0.2) is 10.6 Å². The molecule has 0 saturated carbocycles. The number of fused-ring (bicyclic) bond motifs is 2. The number of piperidine rings is 2. The van der Waals surface area contributed by atoms with E-state index < -0.39 is 0 Å². The van der Waals surface area contributed by atoms with Crippen molar-refractivity contribution in [1.29, 1.82) is 0 Å². The van der Waals surface area contributed by atoms with Gasteiger partial charge in [-0.1, -0.05) is 42.3 Å². The highest BCUT2D eigenvalue weighted by Crippen LogP contribution is 2.49. The summed E-state index contributed by atoms with van der Waals surface area (Å²) in [7, 11) is 0. The van der Waals surface area contributed by atoms with Crippen LogP contribution in [0.5, 0.6) is 0 Å². The van der Waals surface area contributed by atoms with E-state index in [-0.39, 0.29) is 17.8 Å². The van der Waals surface area contributed by atoms with Crippen LogP contribution < -0.4 is 0 Å². The molecular weight excluding hydrogens is 354 g/mol. The van der Waals surface area contributed by atoms with Crippen LogP contribution in [0.4, 0.5) is 0 Å². The van der Waals surface area contributed by atoms with E-state index in [1.807, 2.05) is 6.92 Å². The maximum atomic E-state index is 12.8. The first-order chi connectivity index (χ1) is 11.0. The van der Waals surface area contributed by atoms with Crippen LogP contribution in [0.2, 0.25) is 0 Å². The zero-order valence-electron chi connectivity index (χ0n) is 14.6. The van der Waals surface area contributed by atoms with E-state index in [4.69, 9.17) is 4.74 Å². The molecule has 4 heteroatoms. The number of esters is 1. The predicted octanol–water partition coefficient (Wildman–Crippen LogP) is 4.22. The van der Waals surface area contributed by atoms with Gasteiger partial charge in [0.15, 0.2) is 0 Å². The Bertz CT molecular complexity index is 476. The molecule has 0 spiro atoms. The molecule has 1 aliphatic carbocycles. The molecule has 130 valence electrons. The Morgan fingerprint density at radius 3 is 2.91 bits per heavy atom. The van der Waals surface area contributed by atoms with Gasteiger partial charge in [0.05, 0.1) is 12.5 Å². The van der Waals surface area contributed by atoms with Crippen LogP contribution in [0.1, 0.15) is 46.5 Å². The van der Waals surface area contributed by atoms with E-state index in [1.165, 1.54) is 30.3 Å². The fraction of sp³-hybridized carbons (Fsp3) is 0.842. The van der Waals surface area contributed by atoms with Gasteiger partial charge < -0.3 is 4.74 Å². The normalized spacial score (nSPS) is 37.8. The van der Waals surface area contributed by atoms with Gasteiger partial charge in [0.1, 0.15) is 0 Å². The third kappa shape index (κ3) is 3.39. The van der Waals surface area contributed by atoms with Gasteiger partial charge >= 0.3 is 5.97 Å². The quantitative estimate of drug-likeness (QED) is 0.683. The van der Waals surface area contributed by atoms with Gasteiger partial charge in [0.2, 0.25) is 0 Å². The molecule has 2 aliphatic heterocycles. The summed E-state index contributed by atoms with van der Waals surface area (Å²) in [6, 6.07) is 0.681. The van der Waals surface area contributed by atoms with E-state index in [0.29, 0.717) is 30.4 Å². The Balaban J connectivity index is 1.90. The average Bonchev–Trinajstić information content (AvgIpc) is 2.51. The lowest BCUT2D eigenvalue weighted by atomic mass is 9.63. The number of allylic oxidation sites excluding steroid dienone is 1. The molecule has 0 unspecified atom stereocenters. The number of rotatable bonds is 3. The molecule has 0 radical (unpaired) electrons. The third-order valence-corrected chi connectivity index (χ3v) is 6.90. The number of hydrogen-bond donors (Lipinski definition) is 0. The first kappa shape index (κ1) is 17.5. The van der Waals surface area contributed by atoms with Crippen molar-refractivity contribution in [1.82, 2.24) is 4.90 Å². The maximum Gasteiger partial charge on any atom is 0.309 e. The van der Waals surface area contributed by atoms with Crippen molar-refractivity contribution in [3.8, 4) is 0 Å². The minimum Gasteiger partial charge on any atom is -0.466 e. The highest BCUT2D eigenvalue weighted by molar-refractivity contribution is 9.11. The molecule has 3 rings (SSSR count). The third-order valence-electron chi connectivity index (χ3n) is 6.11. The Morgan fingerprint density at radius 2 is 2.22 bits per heavy atom. The van der Waals surface area contributed by atoms with E-state index in [1.54, 1.807) is 0 Å². The largest absolute Gasteiger partial charge is 0.466 e. The smallest absolute Gasteiger partial charge is 0.309 e. The summed E-state index contributed by atoms with van der Waals surface area (Å²) in [6.45, 7) is 9.19. The second kappa shape index (κ2) is 7.26. The topological polar surface area (TPSA) is 29.5 Å². The summed E-state index contributed by atoms with van der Waals surface area (Å²) in [4.78, 5) is 15.5. The summed E-state index contributed by atoms with van der Waals surface area (Å²) < 4.78 is 6.72. The fourth-order valence-corrected chi connectivity index (χ4v) is 6.25. The number of ether oxygens (including phenoxy) is 1. The molecule has 3 aliphatic rings. The number of halogens is 1. The van der Waals surface area contributed by atoms with Gasteiger partial charge in [-0.2, -0.15) is 0 Å². The molecule has 23 heavy (non-hydrogen) atoms. The van der Waals surface area contributed by atoms with Gasteiger partial charge in [-0.15, -0.1) is 0 Å². The highest BCUT2D eigenvalue weighted by atomic mass is 79.9. The number of nitrogens with zero attached hydrogens (tertiary/aromatic N) is 1. The van der Waals surface area contributed by atoms with E-state index in [9.17, 15) is 4.79 Å². The van der Waals surface area contributed by atoms with Crippen LogP contribution in [-0.2, 0) is 9.53 Å². The van der Waals surface area contributed by atoms with Gasteiger partial charge in [-0.05, 0) is 55.0 Å². The van der Waals surface area contributed by atoms with Crippen molar-refractivity contribution in [3.63, 3.8) is 0 Å². The first-order valence-corrected chi connectivity index (χ1v) is 10.1. The Hall–Kier alpha value is -0.350. The SMILES string of the molecule is CCOC(=O)[C@H]1[C@@H]2C[C@H]3CCCCN3C[C@H]2C=C(Br)[C@H]1C(C)C. The zero-order valence-corrected chi connectivity index (χ0v) is 16.2. The van der Waals surface area contributed by atoms with E-state index in [0.717, 1.165) is 13.0 Å². The van der Waals surface area contributed by atoms with Gasteiger partial charge in [-0.25, -0.2) is 0 Å². The van der Waals surface area contributed by atoms with Crippen molar-refractivity contribution in [2.24, 2.45) is 29.6 Å². The zero-order chi connectivity index (χ0) is 16.6. The highest BCUT2D eigenvalue weighted by Gasteiger charge is 2.49. The number of hydrogen-bond acceptors (Lipinski definition) is 3. The van der Waals surface area contributed by atoms with Crippen molar-refractivity contribution >= 4 is 21.9 Å². The van der Waals surface area contributed by atoms with E-state index >= 15 is 0 Å². The molecule has 2 heterocycles. The standard InChI is InChI=1S/C19H30BrNO2/c1-4-23-19(22)18-15-10-14-7-5-6-8-21(14)11-13(15)9-16(20)17(18)12(2)3/h9,12-15,17-18H,4-8,10-11H2,1-3H3/t13-,14-,15-,17-,18+/m1/s1. The fourth-order valence-electron chi connectivity index (χ4n) is 5.10.